The second-order valence-corrected chi connectivity index (χ2v) is 3.37. The van der Waals surface area contributed by atoms with Crippen LogP contribution in [0.3, 0.4) is 0 Å². The summed E-state index contributed by atoms with van der Waals surface area (Å²) in [5, 5.41) is 2.72. The van der Waals surface area contributed by atoms with Gasteiger partial charge in [0, 0.05) is 0 Å². The van der Waals surface area contributed by atoms with Crippen molar-refractivity contribution >= 4 is 5.91 Å². The molecule has 1 N–H and O–H groups in total. The topological polar surface area (TPSA) is 38.3 Å². The molecule has 3 nitrogen and oxygen atoms in total. The molecule has 3 heteroatoms. The lowest BCUT2D eigenvalue weighted by Crippen LogP contribution is -2.19. The van der Waals surface area contributed by atoms with Crippen LogP contribution in [-0.4, -0.2) is 5.91 Å². The van der Waals surface area contributed by atoms with Gasteiger partial charge in [-0.2, -0.15) is 0 Å². The van der Waals surface area contributed by atoms with Crippen LogP contribution in [-0.2, 0) is 0 Å². The molecule has 72 valence electrons. The number of hydrogen-bond donors (Lipinski definition) is 1. The van der Waals surface area contributed by atoms with Crippen LogP contribution in [0.2, 0.25) is 0 Å². The Morgan fingerprint density at radius 3 is 2.86 bits per heavy atom. The molecule has 1 aromatic carbocycles. The molecule has 2 rings (SSSR count). The van der Waals surface area contributed by atoms with Gasteiger partial charge in [0.2, 0.25) is 0 Å². The van der Waals surface area contributed by atoms with Gasteiger partial charge in [-0.25, -0.2) is 0 Å². The number of carbonyl (C=O) groups excluding carboxylic acids is 1. The molecule has 14 heavy (non-hydrogen) atoms. The van der Waals surface area contributed by atoms with Crippen LogP contribution < -0.4 is 10.1 Å². The third-order valence-electron chi connectivity index (χ3n) is 2.05. The molecule has 0 radical (unpaired) electrons. The Morgan fingerprint density at radius 2 is 2.07 bits per heavy atom. The van der Waals surface area contributed by atoms with Gasteiger partial charge in [0.25, 0.3) is 5.91 Å². The van der Waals surface area contributed by atoms with Crippen molar-refractivity contribution in [2.24, 2.45) is 0 Å². The number of nitrogens with one attached hydrogen (secondary N) is 1. The normalized spacial score (nSPS) is 14.7. The largest absolute Gasteiger partial charge is 0.462 e. The number of rotatable bonds is 0. The molecule has 1 amide bonds. The van der Waals surface area contributed by atoms with Crippen molar-refractivity contribution in [3.8, 4) is 5.75 Å². The highest BCUT2D eigenvalue weighted by Gasteiger charge is 2.15. The maximum atomic E-state index is 11.6. The van der Waals surface area contributed by atoms with E-state index in [0.717, 1.165) is 5.56 Å². The summed E-state index contributed by atoms with van der Waals surface area (Å²) >= 11 is 0. The first-order chi connectivity index (χ1) is 6.66. The molecule has 0 saturated carbocycles. The van der Waals surface area contributed by atoms with Crippen molar-refractivity contribution in [3.05, 3.63) is 41.3 Å². The molecule has 0 spiro atoms. The van der Waals surface area contributed by atoms with Crippen LogP contribution in [0.4, 0.5) is 0 Å². The number of fused-ring (bicyclic) bond motifs is 1. The Hall–Kier alpha value is -1.77. The fraction of sp³-hybridized carbons (Fsp3) is 0.182. The Balaban J connectivity index is 2.51. The molecule has 0 saturated heterocycles. The van der Waals surface area contributed by atoms with Crippen molar-refractivity contribution in [3.63, 3.8) is 0 Å². The summed E-state index contributed by atoms with van der Waals surface area (Å²) in [5.41, 5.74) is 2.34. The predicted molar refractivity (Wildman–Crippen MR) is 53.0 cm³/mol. The molecule has 1 aliphatic heterocycles. The summed E-state index contributed by atoms with van der Waals surface area (Å²) in [5.74, 6) is 0.486. The van der Waals surface area contributed by atoms with Gasteiger partial charge in [0.05, 0.1) is 11.3 Å². The standard InChI is InChI=1S/C11H11NO2/c1-7-3-4-10-9(5-7)11(13)12-8(2)6-14-10/h3-6H,1-2H3,(H,12,13). The summed E-state index contributed by atoms with van der Waals surface area (Å²) in [6.45, 7) is 3.73. The molecule has 1 aliphatic rings. The zero-order valence-electron chi connectivity index (χ0n) is 8.13. The minimum absolute atomic E-state index is 0.116. The van der Waals surface area contributed by atoms with E-state index in [1.54, 1.807) is 19.3 Å². The lowest BCUT2D eigenvalue weighted by atomic mass is 10.1. The number of benzene rings is 1. The van der Waals surface area contributed by atoms with Crippen molar-refractivity contribution in [1.82, 2.24) is 5.32 Å². The van der Waals surface area contributed by atoms with Crippen LogP contribution >= 0.6 is 0 Å². The van der Waals surface area contributed by atoms with Gasteiger partial charge in [0.1, 0.15) is 12.0 Å². The van der Waals surface area contributed by atoms with Crippen LogP contribution in [0.25, 0.3) is 0 Å². The van der Waals surface area contributed by atoms with Gasteiger partial charge < -0.3 is 10.1 Å². The third kappa shape index (κ3) is 1.48. The number of allylic oxidation sites excluding steroid dienone is 1. The number of hydrogen-bond acceptors (Lipinski definition) is 2. The lowest BCUT2D eigenvalue weighted by Gasteiger charge is -2.04. The van der Waals surface area contributed by atoms with E-state index in [1.807, 2.05) is 19.1 Å². The van der Waals surface area contributed by atoms with E-state index in [9.17, 15) is 4.79 Å². The molecule has 0 bridgehead atoms. The van der Waals surface area contributed by atoms with E-state index >= 15 is 0 Å². The molecule has 0 unspecified atom stereocenters. The van der Waals surface area contributed by atoms with Gasteiger partial charge in [-0.3, -0.25) is 4.79 Å². The molecule has 0 aliphatic carbocycles. The third-order valence-corrected chi connectivity index (χ3v) is 2.05. The quantitative estimate of drug-likeness (QED) is 0.677. The smallest absolute Gasteiger partial charge is 0.259 e. The van der Waals surface area contributed by atoms with E-state index in [2.05, 4.69) is 5.32 Å². The van der Waals surface area contributed by atoms with Crippen molar-refractivity contribution < 1.29 is 9.53 Å². The van der Waals surface area contributed by atoms with Gasteiger partial charge in [-0.05, 0) is 26.0 Å². The SMILES string of the molecule is CC1=COc2ccc(C)cc2C(=O)N1. The Bertz CT molecular complexity index is 421. The van der Waals surface area contributed by atoms with Crippen LogP contribution in [0.1, 0.15) is 22.8 Å². The molecule has 1 heterocycles. The first-order valence-corrected chi connectivity index (χ1v) is 4.42. The maximum Gasteiger partial charge on any atom is 0.259 e. The average Bonchev–Trinajstić information content (AvgIpc) is 2.27. The summed E-state index contributed by atoms with van der Waals surface area (Å²) in [6.07, 6.45) is 1.54. The monoisotopic (exact) mass is 189 g/mol. The Morgan fingerprint density at radius 1 is 1.29 bits per heavy atom. The minimum Gasteiger partial charge on any atom is -0.462 e. The molecule has 1 aromatic rings. The molecular weight excluding hydrogens is 178 g/mol. The van der Waals surface area contributed by atoms with Crippen molar-refractivity contribution in [2.75, 3.05) is 0 Å². The predicted octanol–water partition coefficient (Wildman–Crippen LogP) is 1.98. The zero-order chi connectivity index (χ0) is 10.1. The maximum absolute atomic E-state index is 11.6. The van der Waals surface area contributed by atoms with Crippen LogP contribution in [0, 0.1) is 6.92 Å². The fourth-order valence-electron chi connectivity index (χ4n) is 1.35. The van der Waals surface area contributed by atoms with Gasteiger partial charge in [-0.1, -0.05) is 11.6 Å². The molecule has 0 fully saturated rings. The average molecular weight is 189 g/mol. The second-order valence-electron chi connectivity index (χ2n) is 3.37. The molecule has 0 aromatic heterocycles. The van der Waals surface area contributed by atoms with Gasteiger partial charge in [0.15, 0.2) is 0 Å². The highest BCUT2D eigenvalue weighted by atomic mass is 16.5. The summed E-state index contributed by atoms with van der Waals surface area (Å²) in [7, 11) is 0. The lowest BCUT2D eigenvalue weighted by molar-refractivity contribution is 0.0966. The molecule has 0 atom stereocenters. The highest BCUT2D eigenvalue weighted by Crippen LogP contribution is 2.22. The van der Waals surface area contributed by atoms with Gasteiger partial charge in [-0.15, -0.1) is 0 Å². The number of ether oxygens (including phenoxy) is 1. The summed E-state index contributed by atoms with van der Waals surface area (Å²) < 4.78 is 5.34. The van der Waals surface area contributed by atoms with Crippen LogP contribution in [0.5, 0.6) is 5.75 Å². The second kappa shape index (κ2) is 3.18. The minimum atomic E-state index is -0.116. The zero-order valence-corrected chi connectivity index (χ0v) is 8.13. The van der Waals surface area contributed by atoms with E-state index in [1.165, 1.54) is 0 Å². The van der Waals surface area contributed by atoms with E-state index in [-0.39, 0.29) is 5.91 Å². The fourth-order valence-corrected chi connectivity index (χ4v) is 1.35. The number of aryl methyl sites for hydroxylation is 1. The van der Waals surface area contributed by atoms with Gasteiger partial charge >= 0.3 is 0 Å². The van der Waals surface area contributed by atoms with Crippen molar-refractivity contribution in [2.45, 2.75) is 13.8 Å². The first kappa shape index (κ1) is 8.81. The Kier molecular flexibility index (Phi) is 2.00. The Labute approximate surface area is 82.4 Å². The van der Waals surface area contributed by atoms with Crippen LogP contribution in [0.15, 0.2) is 30.2 Å². The summed E-state index contributed by atoms with van der Waals surface area (Å²) in [4.78, 5) is 11.6. The summed E-state index contributed by atoms with van der Waals surface area (Å²) in [6, 6.07) is 5.54. The van der Waals surface area contributed by atoms with E-state index < -0.39 is 0 Å². The van der Waals surface area contributed by atoms with Crippen molar-refractivity contribution in [1.29, 1.82) is 0 Å². The number of amides is 1. The van der Waals surface area contributed by atoms with E-state index in [4.69, 9.17) is 4.74 Å². The number of carbonyl (C=O) groups is 1. The first-order valence-electron chi connectivity index (χ1n) is 4.42. The van der Waals surface area contributed by atoms with E-state index in [0.29, 0.717) is 17.0 Å². The molecular formula is C11H11NO2. The highest BCUT2D eigenvalue weighted by molar-refractivity contribution is 5.98.